The SMILES string of the molecule is COc1ccccc1N[C@H](C)c1cc(Cl)ccc1O. The summed E-state index contributed by atoms with van der Waals surface area (Å²) in [6.45, 7) is 1.96. The van der Waals surface area contributed by atoms with Gasteiger partial charge in [0.1, 0.15) is 11.5 Å². The van der Waals surface area contributed by atoms with Crippen molar-refractivity contribution in [3.63, 3.8) is 0 Å². The van der Waals surface area contributed by atoms with Crippen molar-refractivity contribution in [2.24, 2.45) is 0 Å². The second-order valence-corrected chi connectivity index (χ2v) is 4.71. The smallest absolute Gasteiger partial charge is 0.141 e. The van der Waals surface area contributed by atoms with Crippen LogP contribution in [0, 0.1) is 0 Å². The topological polar surface area (TPSA) is 41.5 Å². The molecule has 19 heavy (non-hydrogen) atoms. The predicted octanol–water partition coefficient (Wildman–Crippen LogP) is 4.23. The van der Waals surface area contributed by atoms with E-state index in [1.54, 1.807) is 25.3 Å². The van der Waals surface area contributed by atoms with Gasteiger partial charge in [-0.05, 0) is 37.3 Å². The maximum atomic E-state index is 9.88. The molecule has 0 saturated heterocycles. The number of ether oxygens (including phenoxy) is 1. The molecule has 0 aromatic heterocycles. The first-order valence-corrected chi connectivity index (χ1v) is 6.37. The normalized spacial score (nSPS) is 11.9. The van der Waals surface area contributed by atoms with Crippen LogP contribution < -0.4 is 10.1 Å². The maximum Gasteiger partial charge on any atom is 0.141 e. The van der Waals surface area contributed by atoms with E-state index >= 15 is 0 Å². The Kier molecular flexibility index (Phi) is 4.17. The molecule has 0 saturated carbocycles. The third-order valence-corrected chi connectivity index (χ3v) is 3.17. The van der Waals surface area contributed by atoms with Gasteiger partial charge in [0.15, 0.2) is 0 Å². The summed E-state index contributed by atoms with van der Waals surface area (Å²) >= 11 is 5.96. The van der Waals surface area contributed by atoms with Crippen LogP contribution in [-0.4, -0.2) is 12.2 Å². The highest BCUT2D eigenvalue weighted by Gasteiger charge is 2.12. The number of hydrogen-bond acceptors (Lipinski definition) is 3. The standard InChI is InChI=1S/C15H16ClNO2/c1-10(12-9-11(16)7-8-14(12)18)17-13-5-3-4-6-15(13)19-2/h3-10,17-18H,1-2H3/t10-/m1/s1. The van der Waals surface area contributed by atoms with Crippen LogP contribution in [0.15, 0.2) is 42.5 Å². The number of nitrogens with one attached hydrogen (secondary N) is 1. The highest BCUT2D eigenvalue weighted by atomic mass is 35.5. The summed E-state index contributed by atoms with van der Waals surface area (Å²) in [5, 5.41) is 13.8. The molecule has 0 amide bonds. The van der Waals surface area contributed by atoms with Crippen LogP contribution in [0.4, 0.5) is 5.69 Å². The summed E-state index contributed by atoms with van der Waals surface area (Å²) in [6, 6.07) is 12.6. The predicted molar refractivity (Wildman–Crippen MR) is 78.1 cm³/mol. The number of methoxy groups -OCH3 is 1. The molecule has 0 bridgehead atoms. The van der Waals surface area contributed by atoms with Gasteiger partial charge in [0.05, 0.1) is 18.8 Å². The Morgan fingerprint density at radius 2 is 1.95 bits per heavy atom. The number of para-hydroxylation sites is 2. The minimum absolute atomic E-state index is 0.0880. The minimum Gasteiger partial charge on any atom is -0.508 e. The number of benzene rings is 2. The summed E-state index contributed by atoms with van der Waals surface area (Å²) in [5.41, 5.74) is 1.62. The molecule has 2 aromatic rings. The molecule has 100 valence electrons. The lowest BCUT2D eigenvalue weighted by Gasteiger charge is -2.19. The summed E-state index contributed by atoms with van der Waals surface area (Å²) in [5.74, 6) is 0.982. The van der Waals surface area contributed by atoms with Gasteiger partial charge in [0.25, 0.3) is 0 Å². The Balaban J connectivity index is 2.25. The quantitative estimate of drug-likeness (QED) is 0.879. The fourth-order valence-corrected chi connectivity index (χ4v) is 2.13. The Morgan fingerprint density at radius 1 is 1.21 bits per heavy atom. The van der Waals surface area contributed by atoms with E-state index < -0.39 is 0 Å². The molecule has 0 fully saturated rings. The van der Waals surface area contributed by atoms with E-state index in [2.05, 4.69) is 5.32 Å². The molecule has 3 nitrogen and oxygen atoms in total. The van der Waals surface area contributed by atoms with Gasteiger partial charge in [-0.25, -0.2) is 0 Å². The Hall–Kier alpha value is -1.87. The molecule has 1 atom stereocenters. The highest BCUT2D eigenvalue weighted by molar-refractivity contribution is 6.30. The first kappa shape index (κ1) is 13.6. The molecule has 0 spiro atoms. The van der Waals surface area contributed by atoms with E-state index in [1.807, 2.05) is 31.2 Å². The second kappa shape index (κ2) is 5.85. The van der Waals surface area contributed by atoms with E-state index in [0.29, 0.717) is 5.02 Å². The molecule has 0 aliphatic carbocycles. The first-order valence-electron chi connectivity index (χ1n) is 6.00. The number of phenols is 1. The molecule has 0 heterocycles. The maximum absolute atomic E-state index is 9.88. The van der Waals surface area contributed by atoms with Gasteiger partial charge in [-0.15, -0.1) is 0 Å². The van der Waals surface area contributed by atoms with E-state index in [0.717, 1.165) is 17.0 Å². The number of hydrogen-bond donors (Lipinski definition) is 2. The van der Waals surface area contributed by atoms with Crippen LogP contribution in [0.3, 0.4) is 0 Å². The first-order chi connectivity index (χ1) is 9.11. The van der Waals surface area contributed by atoms with Crippen molar-refractivity contribution >= 4 is 17.3 Å². The van der Waals surface area contributed by atoms with Crippen LogP contribution in [0.25, 0.3) is 0 Å². The average Bonchev–Trinajstić information content (AvgIpc) is 2.42. The summed E-state index contributed by atoms with van der Waals surface area (Å²) in [7, 11) is 1.63. The minimum atomic E-state index is -0.0880. The number of phenolic OH excluding ortho intramolecular Hbond substituents is 1. The number of anilines is 1. The Labute approximate surface area is 117 Å². The molecule has 2 rings (SSSR count). The van der Waals surface area contributed by atoms with E-state index in [1.165, 1.54) is 0 Å². The zero-order chi connectivity index (χ0) is 13.8. The summed E-state index contributed by atoms with van der Waals surface area (Å²) in [4.78, 5) is 0. The molecule has 0 radical (unpaired) electrons. The third-order valence-electron chi connectivity index (χ3n) is 2.94. The van der Waals surface area contributed by atoms with Crippen molar-refractivity contribution < 1.29 is 9.84 Å². The fraction of sp³-hybridized carbons (Fsp3) is 0.200. The lowest BCUT2D eigenvalue weighted by molar-refractivity contribution is 0.416. The van der Waals surface area contributed by atoms with Crippen molar-refractivity contribution in [3.05, 3.63) is 53.1 Å². The van der Waals surface area contributed by atoms with Gasteiger partial charge in [0, 0.05) is 10.6 Å². The van der Waals surface area contributed by atoms with Crippen molar-refractivity contribution in [2.45, 2.75) is 13.0 Å². The summed E-state index contributed by atoms with van der Waals surface area (Å²) in [6.07, 6.45) is 0. The van der Waals surface area contributed by atoms with Crippen molar-refractivity contribution in [3.8, 4) is 11.5 Å². The van der Waals surface area contributed by atoms with Crippen LogP contribution in [-0.2, 0) is 0 Å². The second-order valence-electron chi connectivity index (χ2n) is 4.27. The van der Waals surface area contributed by atoms with Crippen molar-refractivity contribution in [2.75, 3.05) is 12.4 Å². The largest absolute Gasteiger partial charge is 0.508 e. The fourth-order valence-electron chi connectivity index (χ4n) is 1.95. The average molecular weight is 278 g/mol. The monoisotopic (exact) mass is 277 g/mol. The Bertz CT molecular complexity index is 572. The van der Waals surface area contributed by atoms with Crippen LogP contribution in [0.2, 0.25) is 5.02 Å². The van der Waals surface area contributed by atoms with Crippen LogP contribution in [0.5, 0.6) is 11.5 Å². The van der Waals surface area contributed by atoms with Gasteiger partial charge in [-0.2, -0.15) is 0 Å². The summed E-state index contributed by atoms with van der Waals surface area (Å²) < 4.78 is 5.28. The molecule has 0 aliphatic heterocycles. The van der Waals surface area contributed by atoms with Gasteiger partial charge in [0.2, 0.25) is 0 Å². The lowest BCUT2D eigenvalue weighted by Crippen LogP contribution is -2.07. The van der Waals surface area contributed by atoms with E-state index in [9.17, 15) is 5.11 Å². The zero-order valence-electron chi connectivity index (χ0n) is 10.9. The van der Waals surface area contributed by atoms with Crippen molar-refractivity contribution in [1.29, 1.82) is 0 Å². The molecule has 4 heteroatoms. The van der Waals surface area contributed by atoms with Gasteiger partial charge in [-0.1, -0.05) is 23.7 Å². The lowest BCUT2D eigenvalue weighted by atomic mass is 10.1. The van der Waals surface area contributed by atoms with E-state index in [-0.39, 0.29) is 11.8 Å². The Morgan fingerprint density at radius 3 is 2.68 bits per heavy atom. The van der Waals surface area contributed by atoms with Crippen molar-refractivity contribution in [1.82, 2.24) is 0 Å². The molecular weight excluding hydrogens is 262 g/mol. The van der Waals surface area contributed by atoms with E-state index in [4.69, 9.17) is 16.3 Å². The molecule has 2 aromatic carbocycles. The third kappa shape index (κ3) is 3.12. The molecular formula is C15H16ClNO2. The van der Waals surface area contributed by atoms with Gasteiger partial charge in [-0.3, -0.25) is 0 Å². The van der Waals surface area contributed by atoms with Gasteiger partial charge < -0.3 is 15.2 Å². The molecule has 0 aliphatic rings. The number of rotatable bonds is 4. The number of halogens is 1. The van der Waals surface area contributed by atoms with Crippen LogP contribution in [0.1, 0.15) is 18.5 Å². The highest BCUT2D eigenvalue weighted by Crippen LogP contribution is 2.32. The van der Waals surface area contributed by atoms with Crippen LogP contribution >= 0.6 is 11.6 Å². The zero-order valence-corrected chi connectivity index (χ0v) is 11.6. The molecule has 2 N–H and O–H groups in total. The van der Waals surface area contributed by atoms with Gasteiger partial charge >= 0.3 is 0 Å². The number of aromatic hydroxyl groups is 1. The molecule has 0 unspecified atom stereocenters.